The lowest BCUT2D eigenvalue weighted by Gasteiger charge is -2.15. The van der Waals surface area contributed by atoms with Crippen LogP contribution < -0.4 is 21.5 Å². The average Bonchev–Trinajstić information content (AvgIpc) is 3.29. The summed E-state index contributed by atoms with van der Waals surface area (Å²) in [4.78, 5) is 38.9. The summed E-state index contributed by atoms with van der Waals surface area (Å²) in [6.07, 6.45) is 4.04. The second-order valence-electron chi connectivity index (χ2n) is 9.37. The largest absolute Gasteiger partial charge is 1.00 e. The van der Waals surface area contributed by atoms with Crippen molar-refractivity contribution in [2.45, 2.75) is 40.5 Å². The quantitative estimate of drug-likeness (QED) is 0.245. The van der Waals surface area contributed by atoms with E-state index in [-0.39, 0.29) is 53.9 Å². The van der Waals surface area contributed by atoms with Crippen molar-refractivity contribution in [1.82, 2.24) is 9.47 Å². The van der Waals surface area contributed by atoms with E-state index in [9.17, 15) is 18.8 Å². The summed E-state index contributed by atoms with van der Waals surface area (Å²) in [5.74, 6) is -1.24. The second-order valence-corrected chi connectivity index (χ2v) is 9.37. The molecule has 0 aliphatic carbocycles. The minimum absolute atomic E-state index is 0. The van der Waals surface area contributed by atoms with Crippen molar-refractivity contribution < 1.29 is 45.1 Å². The summed E-state index contributed by atoms with van der Waals surface area (Å²) in [6, 6.07) is 13.0. The molecule has 0 N–H and O–H groups in total. The van der Waals surface area contributed by atoms with Gasteiger partial charge in [-0.3, -0.25) is 19.3 Å². The highest BCUT2D eigenvalue weighted by Gasteiger charge is 2.35. The van der Waals surface area contributed by atoms with Gasteiger partial charge in [-0.15, -0.1) is 0 Å². The number of carbonyl (C=O) groups excluding carboxylic acids is 3. The maximum Gasteiger partial charge on any atom is 0.314 e. The fourth-order valence-electron chi connectivity index (χ4n) is 3.78. The fourth-order valence-corrected chi connectivity index (χ4v) is 3.78. The lowest BCUT2D eigenvalue weighted by Crippen LogP contribution is -3.00. The van der Waals surface area contributed by atoms with E-state index in [1.54, 1.807) is 68.1 Å². The SMILES string of the molecule is CC(C)(C)C(=O)OC[n+]1cc(CCN2C(=O)c3ccccc3C2=O)n(Cc2ccc(F)cc2)c1.[Br-]. The molecule has 35 heavy (non-hydrogen) atoms. The van der Waals surface area contributed by atoms with Crippen molar-refractivity contribution in [3.05, 3.63) is 89.3 Å². The maximum absolute atomic E-state index is 13.3. The van der Waals surface area contributed by atoms with E-state index >= 15 is 0 Å². The third kappa shape index (κ3) is 5.85. The van der Waals surface area contributed by atoms with E-state index in [2.05, 4.69) is 0 Å². The van der Waals surface area contributed by atoms with Gasteiger partial charge in [0.25, 0.3) is 11.8 Å². The highest BCUT2D eigenvalue weighted by atomic mass is 79.9. The summed E-state index contributed by atoms with van der Waals surface area (Å²) in [5, 5.41) is 0. The normalized spacial score (nSPS) is 13.0. The van der Waals surface area contributed by atoms with E-state index in [1.165, 1.54) is 17.0 Å². The molecule has 1 aliphatic rings. The molecule has 0 spiro atoms. The molecule has 0 unspecified atom stereocenters. The third-order valence-corrected chi connectivity index (χ3v) is 5.66. The molecule has 2 heterocycles. The van der Waals surface area contributed by atoms with Crippen molar-refractivity contribution in [2.24, 2.45) is 5.41 Å². The molecule has 9 heteroatoms. The molecule has 0 atom stereocenters. The summed E-state index contributed by atoms with van der Waals surface area (Å²) >= 11 is 0. The molecule has 1 aromatic heterocycles. The van der Waals surface area contributed by atoms with Gasteiger partial charge in [-0.25, -0.2) is 13.5 Å². The van der Waals surface area contributed by atoms with E-state index in [0.717, 1.165) is 11.3 Å². The highest BCUT2D eigenvalue weighted by molar-refractivity contribution is 6.21. The van der Waals surface area contributed by atoms with Crippen LogP contribution in [0.1, 0.15) is 52.7 Å². The number of ether oxygens (including phenoxy) is 1. The Morgan fingerprint density at radius 2 is 1.60 bits per heavy atom. The second kappa shape index (κ2) is 10.5. The van der Waals surface area contributed by atoms with Gasteiger partial charge in [0.05, 0.1) is 16.5 Å². The molecule has 0 saturated heterocycles. The van der Waals surface area contributed by atoms with Crippen LogP contribution in [-0.2, 0) is 29.2 Å². The number of hydrogen-bond acceptors (Lipinski definition) is 4. The van der Waals surface area contributed by atoms with Crippen molar-refractivity contribution in [3.63, 3.8) is 0 Å². The fraction of sp³-hybridized carbons (Fsp3) is 0.308. The number of aromatic nitrogens is 2. The van der Waals surface area contributed by atoms with E-state index in [4.69, 9.17) is 4.74 Å². The Bertz CT molecular complexity index is 1210. The van der Waals surface area contributed by atoms with Gasteiger partial charge in [-0.05, 0) is 50.6 Å². The molecular weight excluding hydrogens is 517 g/mol. The number of halogens is 2. The summed E-state index contributed by atoms with van der Waals surface area (Å²) < 4.78 is 22.4. The molecule has 3 aromatic rings. The van der Waals surface area contributed by atoms with Gasteiger partial charge in [-0.2, -0.15) is 0 Å². The van der Waals surface area contributed by atoms with Gasteiger partial charge in [0.1, 0.15) is 24.3 Å². The number of benzene rings is 2. The molecule has 1 aliphatic heterocycles. The number of fused-ring (bicyclic) bond motifs is 1. The first kappa shape index (κ1) is 26.3. The summed E-state index contributed by atoms with van der Waals surface area (Å²) in [7, 11) is 0. The summed E-state index contributed by atoms with van der Waals surface area (Å²) in [5.41, 5.74) is 1.94. The zero-order valence-corrected chi connectivity index (χ0v) is 21.4. The number of rotatable bonds is 7. The van der Waals surface area contributed by atoms with E-state index in [0.29, 0.717) is 24.1 Å². The Hall–Kier alpha value is -3.33. The van der Waals surface area contributed by atoms with Crippen LogP contribution in [0.15, 0.2) is 61.1 Å². The van der Waals surface area contributed by atoms with Crippen LogP contribution in [-0.4, -0.2) is 33.8 Å². The number of amides is 2. The molecule has 4 rings (SSSR count). The van der Waals surface area contributed by atoms with Gasteiger partial charge in [-0.1, -0.05) is 24.3 Å². The van der Waals surface area contributed by atoms with Gasteiger partial charge in [0.15, 0.2) is 0 Å². The zero-order valence-electron chi connectivity index (χ0n) is 19.8. The van der Waals surface area contributed by atoms with Crippen LogP contribution in [0.3, 0.4) is 0 Å². The number of carbonyl (C=O) groups is 3. The van der Waals surface area contributed by atoms with Crippen molar-refractivity contribution in [2.75, 3.05) is 6.54 Å². The lowest BCUT2D eigenvalue weighted by molar-refractivity contribution is -0.727. The number of imide groups is 1. The predicted molar refractivity (Wildman–Crippen MR) is 121 cm³/mol. The van der Waals surface area contributed by atoms with E-state index in [1.807, 2.05) is 10.8 Å². The molecular formula is C26H27BrFN3O4. The topological polar surface area (TPSA) is 72.5 Å². The Kier molecular flexibility index (Phi) is 7.90. The van der Waals surface area contributed by atoms with Crippen LogP contribution >= 0.6 is 0 Å². The average molecular weight is 544 g/mol. The standard InChI is InChI=1S/C26H27FN3O4.BrH/c1-26(2,3)25(33)34-17-28-15-20(29(16-28)14-18-8-10-19(27)11-9-18)12-13-30-23(31)21-6-4-5-7-22(21)24(30)32;/h4-11,15-16H,12-14,17H2,1-3H3;1H/q+1;/p-1. The van der Waals surface area contributed by atoms with Gasteiger partial charge < -0.3 is 21.7 Å². The van der Waals surface area contributed by atoms with Crippen LogP contribution in [0.2, 0.25) is 0 Å². The maximum atomic E-state index is 13.3. The van der Waals surface area contributed by atoms with Crippen LogP contribution in [0.5, 0.6) is 0 Å². The Morgan fingerprint density at radius 1 is 1.00 bits per heavy atom. The van der Waals surface area contributed by atoms with Gasteiger partial charge in [0.2, 0.25) is 13.1 Å². The van der Waals surface area contributed by atoms with Crippen molar-refractivity contribution in [3.8, 4) is 0 Å². The zero-order chi connectivity index (χ0) is 24.5. The molecule has 0 radical (unpaired) electrons. The monoisotopic (exact) mass is 543 g/mol. The first-order valence-electron chi connectivity index (χ1n) is 11.1. The smallest absolute Gasteiger partial charge is 0.314 e. The minimum Gasteiger partial charge on any atom is -1.00 e. The lowest BCUT2D eigenvalue weighted by atomic mass is 9.98. The van der Waals surface area contributed by atoms with E-state index < -0.39 is 5.41 Å². The van der Waals surface area contributed by atoms with Gasteiger partial charge in [0, 0.05) is 13.0 Å². The summed E-state index contributed by atoms with van der Waals surface area (Å²) in [6.45, 7) is 6.06. The molecule has 2 amide bonds. The van der Waals surface area contributed by atoms with Crippen molar-refractivity contribution in [1.29, 1.82) is 0 Å². The van der Waals surface area contributed by atoms with Crippen LogP contribution in [0.4, 0.5) is 4.39 Å². The number of hydrogen-bond donors (Lipinski definition) is 0. The Balaban J connectivity index is 0.00000342. The molecule has 0 fully saturated rings. The molecule has 0 bridgehead atoms. The first-order valence-corrected chi connectivity index (χ1v) is 11.1. The molecule has 0 saturated carbocycles. The Morgan fingerprint density at radius 3 is 2.17 bits per heavy atom. The number of esters is 1. The van der Waals surface area contributed by atoms with Gasteiger partial charge >= 0.3 is 5.97 Å². The third-order valence-electron chi connectivity index (χ3n) is 5.66. The Labute approximate surface area is 213 Å². The molecule has 7 nitrogen and oxygen atoms in total. The molecule has 2 aromatic carbocycles. The predicted octanol–water partition coefficient (Wildman–Crippen LogP) is 0.353. The highest BCUT2D eigenvalue weighted by Crippen LogP contribution is 2.23. The number of imidazole rings is 1. The number of nitrogens with zero attached hydrogens (tertiary/aromatic N) is 3. The van der Waals surface area contributed by atoms with Crippen LogP contribution in [0.25, 0.3) is 0 Å². The van der Waals surface area contributed by atoms with Crippen LogP contribution in [0, 0.1) is 11.2 Å². The first-order chi connectivity index (χ1) is 16.1. The van der Waals surface area contributed by atoms with Crippen molar-refractivity contribution >= 4 is 17.8 Å². The minimum atomic E-state index is -0.619. The molecule has 184 valence electrons.